The Balaban J connectivity index is 2.17. The van der Waals surface area contributed by atoms with E-state index in [0.717, 1.165) is 25.3 Å². The lowest BCUT2D eigenvalue weighted by atomic mass is 10.1. The molecule has 1 atom stereocenters. The summed E-state index contributed by atoms with van der Waals surface area (Å²) in [4.78, 5) is 21.5. The van der Waals surface area contributed by atoms with E-state index in [4.69, 9.17) is 15.2 Å². The predicted octanol–water partition coefficient (Wildman–Crippen LogP) is 6.42. The SMILES string of the molecule is CCCCCCCCCCN(CCCCCCCCCC)CCOCCOC(=O)C(N)Cc1cnc[nH]1. The molecular formula is C30H58N4O3. The van der Waals surface area contributed by atoms with Gasteiger partial charge in [0.1, 0.15) is 12.6 Å². The number of rotatable bonds is 27. The van der Waals surface area contributed by atoms with Gasteiger partial charge in [-0.3, -0.25) is 4.79 Å². The molecule has 1 unspecified atom stereocenters. The van der Waals surface area contributed by atoms with Crippen LogP contribution in [-0.4, -0.2) is 66.3 Å². The van der Waals surface area contributed by atoms with Crippen molar-refractivity contribution in [3.63, 3.8) is 0 Å². The van der Waals surface area contributed by atoms with E-state index in [2.05, 4.69) is 28.7 Å². The lowest BCUT2D eigenvalue weighted by Crippen LogP contribution is -2.35. The number of unbranched alkanes of at least 4 members (excludes halogenated alkanes) is 14. The number of carbonyl (C=O) groups is 1. The van der Waals surface area contributed by atoms with Crippen LogP contribution in [0.4, 0.5) is 0 Å². The van der Waals surface area contributed by atoms with Crippen molar-refractivity contribution in [1.82, 2.24) is 14.9 Å². The first-order valence-corrected chi connectivity index (χ1v) is 15.4. The van der Waals surface area contributed by atoms with Crippen LogP contribution in [0.15, 0.2) is 12.5 Å². The minimum absolute atomic E-state index is 0.242. The van der Waals surface area contributed by atoms with E-state index >= 15 is 0 Å². The maximum absolute atomic E-state index is 12.1. The summed E-state index contributed by atoms with van der Waals surface area (Å²) in [6.45, 7) is 9.13. The second kappa shape index (κ2) is 24.9. The lowest BCUT2D eigenvalue weighted by molar-refractivity contribution is -0.146. The number of aromatic nitrogens is 2. The topological polar surface area (TPSA) is 93.5 Å². The summed E-state index contributed by atoms with van der Waals surface area (Å²) in [6.07, 6.45) is 25.3. The van der Waals surface area contributed by atoms with E-state index in [0.29, 0.717) is 19.6 Å². The van der Waals surface area contributed by atoms with E-state index in [9.17, 15) is 4.79 Å². The molecule has 0 aliphatic rings. The molecule has 0 amide bonds. The smallest absolute Gasteiger partial charge is 0.323 e. The molecule has 0 spiro atoms. The van der Waals surface area contributed by atoms with Gasteiger partial charge < -0.3 is 25.1 Å². The molecule has 0 saturated heterocycles. The van der Waals surface area contributed by atoms with Crippen molar-refractivity contribution in [2.24, 2.45) is 5.73 Å². The number of hydrogen-bond donors (Lipinski definition) is 2. The van der Waals surface area contributed by atoms with Gasteiger partial charge in [0.25, 0.3) is 0 Å². The minimum atomic E-state index is -0.686. The number of ether oxygens (including phenoxy) is 2. The first-order valence-electron chi connectivity index (χ1n) is 15.4. The van der Waals surface area contributed by atoms with Gasteiger partial charge in [-0.05, 0) is 25.9 Å². The van der Waals surface area contributed by atoms with Crippen molar-refractivity contribution >= 4 is 5.97 Å². The largest absolute Gasteiger partial charge is 0.462 e. The van der Waals surface area contributed by atoms with Gasteiger partial charge in [-0.2, -0.15) is 0 Å². The van der Waals surface area contributed by atoms with Crippen molar-refractivity contribution in [1.29, 1.82) is 0 Å². The van der Waals surface area contributed by atoms with Gasteiger partial charge in [-0.1, -0.05) is 104 Å². The van der Waals surface area contributed by atoms with Crippen molar-refractivity contribution in [2.45, 2.75) is 129 Å². The second-order valence-electron chi connectivity index (χ2n) is 10.5. The number of aromatic amines is 1. The number of nitrogens with zero attached hydrogens (tertiary/aromatic N) is 2. The molecular weight excluding hydrogens is 464 g/mol. The van der Waals surface area contributed by atoms with Gasteiger partial charge in [-0.15, -0.1) is 0 Å². The fraction of sp³-hybridized carbons (Fsp3) is 0.867. The zero-order chi connectivity index (χ0) is 26.8. The Bertz CT molecular complexity index is 592. The average molecular weight is 523 g/mol. The number of hydrogen-bond acceptors (Lipinski definition) is 6. The van der Waals surface area contributed by atoms with Crippen LogP contribution in [-0.2, 0) is 20.7 Å². The van der Waals surface area contributed by atoms with Crippen LogP contribution < -0.4 is 5.73 Å². The standard InChI is InChI=1S/C30H58N4O3/c1-3-5-7-9-11-13-15-17-19-34(20-18-16-14-12-10-8-6-4-2)21-22-36-23-24-37-30(35)29(31)25-28-26-32-27-33-28/h26-27,29H,3-25,31H2,1-2H3,(H,32,33). The fourth-order valence-corrected chi connectivity index (χ4v) is 4.59. The van der Waals surface area contributed by atoms with Gasteiger partial charge in [0.15, 0.2) is 0 Å². The Morgan fingerprint density at radius 2 is 1.35 bits per heavy atom. The van der Waals surface area contributed by atoms with E-state index in [1.165, 1.54) is 103 Å². The molecule has 0 aliphatic heterocycles. The van der Waals surface area contributed by atoms with Gasteiger partial charge in [0, 0.05) is 24.9 Å². The third-order valence-corrected chi connectivity index (χ3v) is 6.98. The van der Waals surface area contributed by atoms with Crippen LogP contribution >= 0.6 is 0 Å². The molecule has 0 radical (unpaired) electrons. The zero-order valence-corrected chi connectivity index (χ0v) is 24.2. The quantitative estimate of drug-likeness (QED) is 0.102. The predicted molar refractivity (Wildman–Crippen MR) is 154 cm³/mol. The second-order valence-corrected chi connectivity index (χ2v) is 10.5. The molecule has 1 heterocycles. The van der Waals surface area contributed by atoms with Crippen LogP contribution in [0, 0.1) is 0 Å². The van der Waals surface area contributed by atoms with E-state index in [-0.39, 0.29) is 6.61 Å². The highest BCUT2D eigenvalue weighted by Crippen LogP contribution is 2.11. The summed E-state index contributed by atoms with van der Waals surface area (Å²) < 4.78 is 11.1. The van der Waals surface area contributed by atoms with Crippen molar-refractivity contribution in [2.75, 3.05) is 39.5 Å². The van der Waals surface area contributed by atoms with Crippen LogP contribution in [0.3, 0.4) is 0 Å². The first kappa shape index (κ1) is 33.6. The molecule has 216 valence electrons. The Kier molecular flexibility index (Phi) is 22.6. The van der Waals surface area contributed by atoms with Gasteiger partial charge in [-0.25, -0.2) is 4.98 Å². The summed E-state index contributed by atoms with van der Waals surface area (Å²) >= 11 is 0. The molecule has 1 aromatic heterocycles. The fourth-order valence-electron chi connectivity index (χ4n) is 4.59. The molecule has 0 bridgehead atoms. The maximum atomic E-state index is 12.1. The molecule has 0 aliphatic carbocycles. The maximum Gasteiger partial charge on any atom is 0.323 e. The molecule has 1 rings (SSSR count). The minimum Gasteiger partial charge on any atom is -0.462 e. The highest BCUT2D eigenvalue weighted by Gasteiger charge is 2.16. The highest BCUT2D eigenvalue weighted by atomic mass is 16.6. The first-order chi connectivity index (χ1) is 18.2. The van der Waals surface area contributed by atoms with Crippen molar-refractivity contribution in [3.8, 4) is 0 Å². The third kappa shape index (κ3) is 20.2. The molecule has 37 heavy (non-hydrogen) atoms. The Morgan fingerprint density at radius 3 is 1.86 bits per heavy atom. The summed E-state index contributed by atoms with van der Waals surface area (Å²) in [5.74, 6) is -0.399. The monoisotopic (exact) mass is 522 g/mol. The Labute approximate surface area is 227 Å². The number of carbonyl (C=O) groups excluding carboxylic acids is 1. The van der Waals surface area contributed by atoms with Gasteiger partial charge >= 0.3 is 5.97 Å². The van der Waals surface area contributed by atoms with Crippen LogP contribution in [0.5, 0.6) is 0 Å². The van der Waals surface area contributed by atoms with Crippen molar-refractivity contribution in [3.05, 3.63) is 18.2 Å². The average Bonchev–Trinajstić information content (AvgIpc) is 3.41. The molecule has 7 nitrogen and oxygen atoms in total. The highest BCUT2D eigenvalue weighted by molar-refractivity contribution is 5.75. The lowest BCUT2D eigenvalue weighted by Gasteiger charge is -2.22. The van der Waals surface area contributed by atoms with Crippen LogP contribution in [0.2, 0.25) is 0 Å². The van der Waals surface area contributed by atoms with E-state index < -0.39 is 12.0 Å². The molecule has 0 aromatic carbocycles. The number of nitrogens with one attached hydrogen (secondary N) is 1. The number of imidazole rings is 1. The van der Waals surface area contributed by atoms with E-state index in [1.54, 1.807) is 12.5 Å². The number of nitrogens with two attached hydrogens (primary N) is 1. The van der Waals surface area contributed by atoms with Crippen LogP contribution in [0.25, 0.3) is 0 Å². The molecule has 0 fully saturated rings. The molecule has 1 aromatic rings. The summed E-state index contributed by atoms with van der Waals surface area (Å²) in [5, 5.41) is 0. The zero-order valence-electron chi connectivity index (χ0n) is 24.2. The van der Waals surface area contributed by atoms with Gasteiger partial charge in [0.2, 0.25) is 0 Å². The van der Waals surface area contributed by atoms with Gasteiger partial charge in [0.05, 0.1) is 19.5 Å². The van der Waals surface area contributed by atoms with Crippen molar-refractivity contribution < 1.29 is 14.3 Å². The number of H-pyrrole nitrogens is 1. The third-order valence-electron chi connectivity index (χ3n) is 6.98. The normalized spacial score (nSPS) is 12.3. The summed E-state index contributed by atoms with van der Waals surface area (Å²) in [6, 6.07) is -0.686. The Hall–Kier alpha value is -1.44. The number of esters is 1. The molecule has 0 saturated carbocycles. The summed E-state index contributed by atoms with van der Waals surface area (Å²) in [7, 11) is 0. The molecule has 7 heteroatoms. The summed E-state index contributed by atoms with van der Waals surface area (Å²) in [5.41, 5.74) is 6.74. The van der Waals surface area contributed by atoms with E-state index in [1.807, 2.05) is 0 Å². The Morgan fingerprint density at radius 1 is 0.811 bits per heavy atom. The van der Waals surface area contributed by atoms with Crippen LogP contribution in [0.1, 0.15) is 122 Å². The molecule has 3 N–H and O–H groups in total.